The van der Waals surface area contributed by atoms with Gasteiger partial charge in [0, 0.05) is 29.8 Å². The van der Waals surface area contributed by atoms with Crippen LogP contribution in [0.2, 0.25) is 0 Å². The number of methoxy groups -OCH3 is 2. The predicted octanol–water partition coefficient (Wildman–Crippen LogP) is 3.49. The molecule has 0 aliphatic rings. The molecule has 0 fully saturated rings. The van der Waals surface area contributed by atoms with Crippen LogP contribution in [0.1, 0.15) is 12.6 Å². The molecule has 1 N–H and O–H groups in total. The molecule has 1 aromatic carbocycles. The molecular weight excluding hydrogens is 334 g/mol. The Hall–Kier alpha value is -1.66. The van der Waals surface area contributed by atoms with E-state index in [9.17, 15) is 0 Å². The summed E-state index contributed by atoms with van der Waals surface area (Å²) in [6.45, 7) is 3.26. The molecule has 1 aromatic heterocycles. The Balaban J connectivity index is 2.50. The van der Waals surface area contributed by atoms with Crippen molar-refractivity contribution in [2.45, 2.75) is 13.5 Å². The van der Waals surface area contributed by atoms with Crippen LogP contribution in [0.3, 0.4) is 0 Å². The fourth-order valence-corrected chi connectivity index (χ4v) is 2.34. The molecule has 1 heterocycles. The summed E-state index contributed by atoms with van der Waals surface area (Å²) in [5.74, 6) is 2.18. The molecule has 0 aliphatic carbocycles. The zero-order chi connectivity index (χ0) is 15.2. The molecule has 0 bridgehead atoms. The Bertz CT molecular complexity index is 596. The highest BCUT2D eigenvalue weighted by atomic mass is 79.9. The molecule has 6 heteroatoms. The van der Waals surface area contributed by atoms with Crippen molar-refractivity contribution in [1.82, 2.24) is 9.97 Å². The molecule has 0 amide bonds. The minimum atomic E-state index is 0.440. The minimum absolute atomic E-state index is 0.440. The molecule has 0 atom stereocenters. The normalized spacial score (nSPS) is 10.5. The van der Waals surface area contributed by atoms with E-state index < -0.39 is 0 Å². The van der Waals surface area contributed by atoms with Crippen LogP contribution in [0, 0.1) is 0 Å². The summed E-state index contributed by atoms with van der Waals surface area (Å²) in [5, 5.41) is 3.21. The van der Waals surface area contributed by atoms with E-state index in [2.05, 4.69) is 31.2 Å². The van der Waals surface area contributed by atoms with E-state index in [0.29, 0.717) is 12.4 Å². The lowest BCUT2D eigenvalue weighted by Crippen LogP contribution is -2.05. The molecule has 0 spiro atoms. The van der Waals surface area contributed by atoms with Gasteiger partial charge in [0.25, 0.3) is 0 Å². The summed E-state index contributed by atoms with van der Waals surface area (Å²) in [6, 6.07) is 7.61. The average molecular weight is 352 g/mol. The maximum atomic E-state index is 5.27. The first-order valence-corrected chi connectivity index (χ1v) is 7.42. The van der Waals surface area contributed by atoms with Crippen LogP contribution in [-0.2, 0) is 11.3 Å². The van der Waals surface area contributed by atoms with Crippen molar-refractivity contribution in [2.24, 2.45) is 0 Å². The van der Waals surface area contributed by atoms with E-state index in [1.54, 1.807) is 14.2 Å². The zero-order valence-corrected chi connectivity index (χ0v) is 13.9. The van der Waals surface area contributed by atoms with Gasteiger partial charge < -0.3 is 14.8 Å². The number of benzene rings is 1. The Kier molecular flexibility index (Phi) is 5.52. The summed E-state index contributed by atoms with van der Waals surface area (Å²) in [6.07, 6.45) is 0. The van der Waals surface area contributed by atoms with Gasteiger partial charge in [0.05, 0.1) is 19.4 Å². The molecule has 0 unspecified atom stereocenters. The van der Waals surface area contributed by atoms with Crippen molar-refractivity contribution in [3.63, 3.8) is 0 Å². The fourth-order valence-electron chi connectivity index (χ4n) is 1.91. The standard InChI is InChI=1S/C15H18BrN3O2/c1-4-17-14-7-10(9-20-2)18-15(19-14)12-8-11(21-3)5-6-13(12)16/h5-8H,4,9H2,1-3H3,(H,17,18,19). The first kappa shape index (κ1) is 15.7. The van der Waals surface area contributed by atoms with Crippen LogP contribution >= 0.6 is 15.9 Å². The van der Waals surface area contributed by atoms with Gasteiger partial charge in [0.15, 0.2) is 5.82 Å². The van der Waals surface area contributed by atoms with E-state index in [1.807, 2.05) is 31.2 Å². The number of nitrogens with one attached hydrogen (secondary N) is 1. The summed E-state index contributed by atoms with van der Waals surface area (Å²) in [7, 11) is 3.29. The maximum absolute atomic E-state index is 5.27. The molecule has 0 saturated carbocycles. The van der Waals surface area contributed by atoms with Gasteiger partial charge in [-0.25, -0.2) is 9.97 Å². The van der Waals surface area contributed by atoms with Crippen molar-refractivity contribution in [3.8, 4) is 17.1 Å². The van der Waals surface area contributed by atoms with Crippen LogP contribution in [0.4, 0.5) is 5.82 Å². The van der Waals surface area contributed by atoms with Gasteiger partial charge in [-0.1, -0.05) is 15.9 Å². The van der Waals surface area contributed by atoms with Gasteiger partial charge in [0.1, 0.15) is 11.6 Å². The molecular formula is C15H18BrN3O2. The van der Waals surface area contributed by atoms with Gasteiger partial charge >= 0.3 is 0 Å². The highest BCUT2D eigenvalue weighted by molar-refractivity contribution is 9.10. The van der Waals surface area contributed by atoms with Gasteiger partial charge in [-0.3, -0.25) is 0 Å². The molecule has 0 radical (unpaired) electrons. The molecule has 5 nitrogen and oxygen atoms in total. The average Bonchev–Trinajstić information content (AvgIpc) is 2.48. The highest BCUT2D eigenvalue weighted by Crippen LogP contribution is 2.30. The van der Waals surface area contributed by atoms with Crippen molar-refractivity contribution in [3.05, 3.63) is 34.4 Å². The number of halogens is 1. The lowest BCUT2D eigenvalue weighted by atomic mass is 10.2. The number of ether oxygens (including phenoxy) is 2. The highest BCUT2D eigenvalue weighted by Gasteiger charge is 2.11. The Labute approximate surface area is 132 Å². The van der Waals surface area contributed by atoms with Gasteiger partial charge in [-0.05, 0) is 25.1 Å². The molecule has 0 saturated heterocycles. The molecule has 0 aliphatic heterocycles. The Morgan fingerprint density at radius 3 is 2.67 bits per heavy atom. The van der Waals surface area contributed by atoms with Crippen LogP contribution in [-0.4, -0.2) is 30.7 Å². The van der Waals surface area contributed by atoms with Gasteiger partial charge in [-0.15, -0.1) is 0 Å². The zero-order valence-electron chi connectivity index (χ0n) is 12.3. The van der Waals surface area contributed by atoms with Crippen molar-refractivity contribution in [2.75, 3.05) is 26.1 Å². The number of anilines is 1. The lowest BCUT2D eigenvalue weighted by molar-refractivity contribution is 0.181. The second-order valence-corrected chi connectivity index (χ2v) is 5.23. The summed E-state index contributed by atoms with van der Waals surface area (Å²) in [5.41, 5.74) is 1.71. The molecule has 2 aromatic rings. The third kappa shape index (κ3) is 3.92. The Morgan fingerprint density at radius 2 is 2.00 bits per heavy atom. The third-order valence-corrected chi connectivity index (χ3v) is 3.54. The summed E-state index contributed by atoms with van der Waals surface area (Å²) < 4.78 is 11.4. The van der Waals surface area contributed by atoms with Crippen molar-refractivity contribution >= 4 is 21.7 Å². The van der Waals surface area contributed by atoms with Crippen LogP contribution in [0.25, 0.3) is 11.4 Å². The van der Waals surface area contributed by atoms with Crippen molar-refractivity contribution < 1.29 is 9.47 Å². The monoisotopic (exact) mass is 351 g/mol. The lowest BCUT2D eigenvalue weighted by Gasteiger charge is -2.11. The number of nitrogens with zero attached hydrogens (tertiary/aromatic N) is 2. The van der Waals surface area contributed by atoms with Gasteiger partial charge in [-0.2, -0.15) is 0 Å². The summed E-state index contributed by atoms with van der Waals surface area (Å²) >= 11 is 3.54. The summed E-state index contributed by atoms with van der Waals surface area (Å²) in [4.78, 5) is 9.10. The Morgan fingerprint density at radius 1 is 1.19 bits per heavy atom. The third-order valence-electron chi connectivity index (χ3n) is 2.84. The van der Waals surface area contributed by atoms with E-state index >= 15 is 0 Å². The molecule has 21 heavy (non-hydrogen) atoms. The second kappa shape index (κ2) is 7.38. The largest absolute Gasteiger partial charge is 0.497 e. The maximum Gasteiger partial charge on any atom is 0.163 e. The van der Waals surface area contributed by atoms with E-state index in [-0.39, 0.29) is 0 Å². The number of rotatable bonds is 6. The second-order valence-electron chi connectivity index (χ2n) is 4.38. The fraction of sp³-hybridized carbons (Fsp3) is 0.333. The van der Waals surface area contributed by atoms with Crippen LogP contribution in [0.5, 0.6) is 5.75 Å². The van der Waals surface area contributed by atoms with E-state index in [4.69, 9.17) is 9.47 Å². The van der Waals surface area contributed by atoms with Crippen LogP contribution in [0.15, 0.2) is 28.7 Å². The number of hydrogen-bond acceptors (Lipinski definition) is 5. The van der Waals surface area contributed by atoms with Gasteiger partial charge in [0.2, 0.25) is 0 Å². The number of aromatic nitrogens is 2. The number of hydrogen-bond donors (Lipinski definition) is 1. The first-order chi connectivity index (χ1) is 10.2. The SMILES string of the molecule is CCNc1cc(COC)nc(-c2cc(OC)ccc2Br)n1. The van der Waals surface area contributed by atoms with E-state index in [1.165, 1.54) is 0 Å². The first-order valence-electron chi connectivity index (χ1n) is 6.62. The predicted molar refractivity (Wildman–Crippen MR) is 86.6 cm³/mol. The van der Waals surface area contributed by atoms with Crippen molar-refractivity contribution in [1.29, 1.82) is 0 Å². The molecule has 112 valence electrons. The van der Waals surface area contributed by atoms with E-state index in [0.717, 1.165) is 33.8 Å². The minimum Gasteiger partial charge on any atom is -0.497 e. The molecule has 2 rings (SSSR count). The van der Waals surface area contributed by atoms with Crippen LogP contribution < -0.4 is 10.1 Å². The smallest absolute Gasteiger partial charge is 0.163 e. The quantitative estimate of drug-likeness (QED) is 0.863. The topological polar surface area (TPSA) is 56.3 Å².